The molecule has 1 fully saturated rings. The maximum absolute atomic E-state index is 13.2. The van der Waals surface area contributed by atoms with Gasteiger partial charge in [0.05, 0.1) is 30.9 Å². The molecule has 0 bridgehead atoms. The van der Waals surface area contributed by atoms with Crippen LogP contribution in [0.2, 0.25) is 0 Å². The van der Waals surface area contributed by atoms with Crippen LogP contribution in [0.15, 0.2) is 37.0 Å². The zero-order valence-corrected chi connectivity index (χ0v) is 16.7. The second-order valence-electron chi connectivity index (χ2n) is 7.72. The van der Waals surface area contributed by atoms with E-state index in [-0.39, 0.29) is 29.3 Å². The second kappa shape index (κ2) is 10.00. The van der Waals surface area contributed by atoms with E-state index in [2.05, 4.69) is 13.2 Å². The Morgan fingerprint density at radius 3 is 2.89 bits per heavy atom. The van der Waals surface area contributed by atoms with E-state index < -0.39 is 0 Å². The summed E-state index contributed by atoms with van der Waals surface area (Å²) in [4.78, 5) is 27.6. The summed E-state index contributed by atoms with van der Waals surface area (Å²) in [5, 5.41) is 0. The number of carbonyl (C=O) groups excluding carboxylic acids is 2. The summed E-state index contributed by atoms with van der Waals surface area (Å²) in [6.45, 7) is 11.3. The summed E-state index contributed by atoms with van der Waals surface area (Å²) >= 11 is 0. The average Bonchev–Trinajstić information content (AvgIpc) is 3.10. The monoisotopic (exact) mass is 375 g/mol. The molecular weight excluding hydrogens is 342 g/mol. The van der Waals surface area contributed by atoms with Gasteiger partial charge in [0, 0.05) is 20.1 Å². The molecule has 0 spiro atoms. The Morgan fingerprint density at radius 2 is 2.22 bits per heavy atom. The molecule has 1 aliphatic carbocycles. The van der Waals surface area contributed by atoms with E-state index in [1.807, 2.05) is 24.0 Å². The number of hydrogen-bond acceptors (Lipinski definition) is 4. The van der Waals surface area contributed by atoms with Crippen molar-refractivity contribution in [1.29, 1.82) is 0 Å². The highest BCUT2D eigenvalue weighted by Gasteiger charge is 2.39. The molecule has 0 aromatic rings. The number of methoxy groups -OCH3 is 1. The Morgan fingerprint density at radius 1 is 1.44 bits per heavy atom. The number of ketones is 1. The third kappa shape index (κ3) is 5.39. The summed E-state index contributed by atoms with van der Waals surface area (Å²) in [5.41, 5.74) is 0.0691. The lowest BCUT2D eigenvalue weighted by Crippen LogP contribution is -2.42. The fraction of sp³-hybridized carbons (Fsp3) is 0.636. The molecule has 150 valence electrons. The Labute approximate surface area is 163 Å². The molecule has 2 rings (SSSR count). The van der Waals surface area contributed by atoms with Crippen LogP contribution in [-0.4, -0.2) is 55.6 Å². The standard InChI is InChI=1S/C22H33NO4/c1-5-10-22(14-17(3)27-13-6-2)11-9-20(24)19(15-22)21(25)23-12-7-8-18(23)16-26-4/h5-6,15,17-18H,1-2,7-14,16H2,3-4H3/t17-,18+,22+/m1/s1. The Balaban J connectivity index is 2.25. The van der Waals surface area contributed by atoms with Crippen molar-refractivity contribution < 1.29 is 19.1 Å². The number of carbonyl (C=O) groups is 2. The van der Waals surface area contributed by atoms with E-state index in [9.17, 15) is 9.59 Å². The Bertz CT molecular complexity index is 597. The van der Waals surface area contributed by atoms with Crippen molar-refractivity contribution >= 4 is 11.7 Å². The van der Waals surface area contributed by atoms with Crippen molar-refractivity contribution in [3.8, 4) is 0 Å². The number of rotatable bonds is 10. The number of likely N-dealkylation sites (tertiary alicyclic amines) is 1. The number of hydrogen-bond donors (Lipinski definition) is 0. The van der Waals surface area contributed by atoms with Crippen LogP contribution in [0.25, 0.3) is 0 Å². The van der Waals surface area contributed by atoms with Gasteiger partial charge in [-0.05, 0) is 44.4 Å². The van der Waals surface area contributed by atoms with Gasteiger partial charge in [-0.3, -0.25) is 9.59 Å². The van der Waals surface area contributed by atoms with Gasteiger partial charge in [0.15, 0.2) is 5.78 Å². The maximum Gasteiger partial charge on any atom is 0.257 e. The largest absolute Gasteiger partial charge is 0.383 e. The zero-order valence-electron chi connectivity index (χ0n) is 16.7. The highest BCUT2D eigenvalue weighted by atomic mass is 16.5. The van der Waals surface area contributed by atoms with Crippen LogP contribution in [0.4, 0.5) is 0 Å². The van der Waals surface area contributed by atoms with Crippen molar-refractivity contribution in [3.63, 3.8) is 0 Å². The summed E-state index contributed by atoms with van der Waals surface area (Å²) < 4.78 is 11.0. The summed E-state index contributed by atoms with van der Waals surface area (Å²) in [6.07, 6.45) is 9.99. The number of nitrogens with zero attached hydrogens (tertiary/aromatic N) is 1. The van der Waals surface area contributed by atoms with E-state index in [0.717, 1.165) is 32.1 Å². The van der Waals surface area contributed by atoms with E-state index in [1.165, 1.54) is 0 Å². The topological polar surface area (TPSA) is 55.8 Å². The first-order valence-corrected chi connectivity index (χ1v) is 9.85. The van der Waals surface area contributed by atoms with Gasteiger partial charge < -0.3 is 14.4 Å². The van der Waals surface area contributed by atoms with Crippen LogP contribution in [0, 0.1) is 5.41 Å². The van der Waals surface area contributed by atoms with Crippen LogP contribution in [0.3, 0.4) is 0 Å². The molecule has 3 atom stereocenters. The third-order valence-corrected chi connectivity index (χ3v) is 5.57. The molecule has 5 heteroatoms. The fourth-order valence-corrected chi connectivity index (χ4v) is 4.32. The summed E-state index contributed by atoms with van der Waals surface area (Å²) in [5.74, 6) is -0.199. The molecule has 0 N–H and O–H groups in total. The van der Waals surface area contributed by atoms with Gasteiger partial charge in [-0.2, -0.15) is 0 Å². The van der Waals surface area contributed by atoms with E-state index in [4.69, 9.17) is 9.47 Å². The predicted molar refractivity (Wildman–Crippen MR) is 106 cm³/mol. The first-order chi connectivity index (χ1) is 13.0. The molecule has 2 aliphatic rings. The lowest BCUT2D eigenvalue weighted by molar-refractivity contribution is -0.132. The summed E-state index contributed by atoms with van der Waals surface area (Å²) in [7, 11) is 1.64. The number of allylic oxidation sites excluding steroid dienone is 2. The number of amides is 1. The number of Topliss-reactive ketones (excluding diaryl/α,β-unsaturated/α-hetero) is 1. The fourth-order valence-electron chi connectivity index (χ4n) is 4.32. The molecule has 0 unspecified atom stereocenters. The Hall–Kier alpha value is -1.72. The van der Waals surface area contributed by atoms with Gasteiger partial charge in [0.2, 0.25) is 0 Å². The van der Waals surface area contributed by atoms with Crippen LogP contribution >= 0.6 is 0 Å². The predicted octanol–water partition coefficient (Wildman–Crippen LogP) is 3.46. The lowest BCUT2D eigenvalue weighted by atomic mass is 9.70. The minimum atomic E-state index is -0.266. The van der Waals surface area contributed by atoms with E-state index >= 15 is 0 Å². The molecule has 5 nitrogen and oxygen atoms in total. The van der Waals surface area contributed by atoms with Crippen molar-refractivity contribution in [1.82, 2.24) is 4.90 Å². The smallest absolute Gasteiger partial charge is 0.257 e. The molecule has 0 radical (unpaired) electrons. The Kier molecular flexibility index (Phi) is 7.99. The lowest BCUT2D eigenvalue weighted by Gasteiger charge is -2.36. The normalized spacial score (nSPS) is 26.6. The quantitative estimate of drug-likeness (QED) is 0.433. The third-order valence-electron chi connectivity index (χ3n) is 5.57. The molecule has 27 heavy (non-hydrogen) atoms. The minimum absolute atomic E-state index is 0.0109. The number of ether oxygens (including phenoxy) is 2. The van der Waals surface area contributed by atoms with Crippen molar-refractivity contribution in [2.45, 2.75) is 57.6 Å². The van der Waals surface area contributed by atoms with Gasteiger partial charge in [-0.25, -0.2) is 0 Å². The average molecular weight is 376 g/mol. The van der Waals surface area contributed by atoms with Crippen LogP contribution in [0.5, 0.6) is 0 Å². The van der Waals surface area contributed by atoms with Gasteiger partial charge in [0.25, 0.3) is 5.91 Å². The minimum Gasteiger partial charge on any atom is -0.383 e. The van der Waals surface area contributed by atoms with Crippen LogP contribution in [-0.2, 0) is 19.1 Å². The maximum atomic E-state index is 13.2. The van der Waals surface area contributed by atoms with Gasteiger partial charge in [-0.15, -0.1) is 13.2 Å². The van der Waals surface area contributed by atoms with Crippen LogP contribution in [0.1, 0.15) is 45.4 Å². The zero-order chi connectivity index (χ0) is 19.9. The molecule has 1 heterocycles. The second-order valence-corrected chi connectivity index (χ2v) is 7.72. The van der Waals surface area contributed by atoms with Gasteiger partial charge >= 0.3 is 0 Å². The van der Waals surface area contributed by atoms with E-state index in [1.54, 1.807) is 13.2 Å². The highest BCUT2D eigenvalue weighted by Crippen LogP contribution is 2.41. The van der Waals surface area contributed by atoms with Crippen molar-refractivity contribution in [2.75, 3.05) is 26.9 Å². The molecule has 1 amide bonds. The van der Waals surface area contributed by atoms with Crippen molar-refractivity contribution in [3.05, 3.63) is 37.0 Å². The molecule has 0 saturated carbocycles. The van der Waals surface area contributed by atoms with Crippen LogP contribution < -0.4 is 0 Å². The summed E-state index contributed by atoms with van der Waals surface area (Å²) in [6, 6.07) is 0.0572. The SMILES string of the molecule is C=CCO[C@H](C)C[C@@]1(CC=C)C=C(C(=O)N2CCC[C@H]2COC)C(=O)CC1. The molecule has 1 aliphatic heterocycles. The molecule has 1 saturated heterocycles. The molecule has 0 aromatic carbocycles. The molecular formula is C22H33NO4. The molecule has 0 aromatic heterocycles. The first-order valence-electron chi connectivity index (χ1n) is 9.85. The van der Waals surface area contributed by atoms with Crippen molar-refractivity contribution in [2.24, 2.45) is 5.41 Å². The highest BCUT2D eigenvalue weighted by molar-refractivity contribution is 6.19. The van der Waals surface area contributed by atoms with E-state index in [0.29, 0.717) is 31.8 Å². The van der Waals surface area contributed by atoms with Gasteiger partial charge in [0.1, 0.15) is 0 Å². The first kappa shape index (κ1) is 21.6. The van der Waals surface area contributed by atoms with Gasteiger partial charge in [-0.1, -0.05) is 18.2 Å².